The zero-order chi connectivity index (χ0) is 19.6. The molecule has 1 N–H and O–H groups in total. The molecule has 3 aromatic carbocycles. The number of aliphatic hydroxyl groups excluding tert-OH is 1. The zero-order valence-corrected chi connectivity index (χ0v) is 16.8. The number of rotatable bonds is 4. The van der Waals surface area contributed by atoms with Gasteiger partial charge in [0.2, 0.25) is 0 Å². The number of anilines is 3. The average molecular weight is 385 g/mol. The maximum atomic E-state index is 9.66. The summed E-state index contributed by atoms with van der Waals surface area (Å²) in [6.07, 6.45) is 3.95. The van der Waals surface area contributed by atoms with Crippen LogP contribution in [0.4, 0.5) is 17.1 Å². The Morgan fingerprint density at radius 2 is 1.31 bits per heavy atom. The molecule has 0 spiro atoms. The van der Waals surface area contributed by atoms with Gasteiger partial charge in [0.1, 0.15) is 0 Å². The highest BCUT2D eigenvalue weighted by molar-refractivity contribution is 5.78. The molecule has 0 atom stereocenters. The molecule has 29 heavy (non-hydrogen) atoms. The van der Waals surface area contributed by atoms with Crippen LogP contribution in [-0.2, 0) is 0 Å². The van der Waals surface area contributed by atoms with Crippen LogP contribution in [0.1, 0.15) is 41.9 Å². The van der Waals surface area contributed by atoms with E-state index < -0.39 is 0 Å². The highest BCUT2D eigenvalue weighted by Gasteiger charge is 2.30. The SMILES string of the molecule is OCCN1c2ccccc2C(c2ccc(N3CCCCC3)cc2)c2ccccc21. The highest BCUT2D eigenvalue weighted by Crippen LogP contribution is 2.48. The fourth-order valence-electron chi connectivity index (χ4n) is 4.98. The fourth-order valence-corrected chi connectivity index (χ4v) is 4.98. The van der Waals surface area contributed by atoms with Crippen molar-refractivity contribution in [2.75, 3.05) is 36.0 Å². The molecule has 0 unspecified atom stereocenters. The molecule has 0 bridgehead atoms. The van der Waals surface area contributed by atoms with Crippen LogP contribution in [0, 0.1) is 0 Å². The van der Waals surface area contributed by atoms with E-state index in [0.717, 1.165) is 0 Å². The van der Waals surface area contributed by atoms with E-state index in [1.54, 1.807) is 0 Å². The highest BCUT2D eigenvalue weighted by atomic mass is 16.3. The molecular weight excluding hydrogens is 356 g/mol. The molecule has 0 radical (unpaired) electrons. The van der Waals surface area contributed by atoms with E-state index in [4.69, 9.17) is 0 Å². The normalized spacial score (nSPS) is 16.4. The van der Waals surface area contributed by atoms with E-state index in [0.29, 0.717) is 6.54 Å². The molecule has 1 saturated heterocycles. The van der Waals surface area contributed by atoms with Gasteiger partial charge in [0.05, 0.1) is 6.61 Å². The van der Waals surface area contributed by atoms with Gasteiger partial charge >= 0.3 is 0 Å². The molecule has 148 valence electrons. The van der Waals surface area contributed by atoms with Gasteiger partial charge in [-0.1, -0.05) is 48.5 Å². The van der Waals surface area contributed by atoms with E-state index in [1.807, 2.05) is 0 Å². The third kappa shape index (κ3) is 3.30. The van der Waals surface area contributed by atoms with E-state index >= 15 is 0 Å². The summed E-state index contributed by atoms with van der Waals surface area (Å²) in [4.78, 5) is 4.77. The van der Waals surface area contributed by atoms with E-state index in [2.05, 4.69) is 82.6 Å². The van der Waals surface area contributed by atoms with Gasteiger partial charge in [-0.25, -0.2) is 0 Å². The quantitative estimate of drug-likeness (QED) is 0.661. The lowest BCUT2D eigenvalue weighted by Gasteiger charge is -2.38. The summed E-state index contributed by atoms with van der Waals surface area (Å²) in [6, 6.07) is 26.5. The summed E-state index contributed by atoms with van der Waals surface area (Å²) in [6.45, 7) is 3.08. The molecule has 2 aliphatic rings. The maximum absolute atomic E-state index is 9.66. The Morgan fingerprint density at radius 3 is 1.90 bits per heavy atom. The standard InChI is InChI=1S/C26H28N2O/c29-19-18-28-24-10-4-2-8-22(24)26(23-9-3-5-11-25(23)28)20-12-14-21(15-13-20)27-16-6-1-7-17-27/h2-5,8-15,26,29H,1,6-7,16-19H2. The summed E-state index contributed by atoms with van der Waals surface area (Å²) >= 11 is 0. The minimum atomic E-state index is 0.137. The van der Waals surface area contributed by atoms with Crippen LogP contribution >= 0.6 is 0 Å². The molecule has 0 aromatic heterocycles. The number of fused-ring (bicyclic) bond motifs is 2. The number of hydrogen-bond acceptors (Lipinski definition) is 3. The second kappa shape index (κ2) is 7.92. The molecule has 1 fully saturated rings. The topological polar surface area (TPSA) is 26.7 Å². The zero-order valence-electron chi connectivity index (χ0n) is 16.8. The number of para-hydroxylation sites is 2. The number of nitrogens with zero attached hydrogens (tertiary/aromatic N) is 2. The number of benzene rings is 3. The average Bonchev–Trinajstić information content (AvgIpc) is 2.80. The first-order valence-corrected chi connectivity index (χ1v) is 10.8. The third-order valence-electron chi connectivity index (χ3n) is 6.35. The Balaban J connectivity index is 1.57. The van der Waals surface area contributed by atoms with Crippen LogP contribution in [0.15, 0.2) is 72.8 Å². The molecule has 5 rings (SSSR count). The second-order valence-corrected chi connectivity index (χ2v) is 8.07. The Labute approximate surface area is 173 Å². The van der Waals surface area contributed by atoms with Crippen molar-refractivity contribution in [1.29, 1.82) is 0 Å². The van der Waals surface area contributed by atoms with Crippen molar-refractivity contribution in [3.05, 3.63) is 89.5 Å². The first kappa shape index (κ1) is 18.3. The van der Waals surface area contributed by atoms with Gasteiger partial charge in [-0.3, -0.25) is 0 Å². The molecule has 3 aromatic rings. The summed E-state index contributed by atoms with van der Waals surface area (Å²) in [5.41, 5.74) is 7.69. The Hall–Kier alpha value is -2.78. The molecule has 2 heterocycles. The third-order valence-corrected chi connectivity index (χ3v) is 6.35. The number of aliphatic hydroxyl groups is 1. The van der Waals surface area contributed by atoms with Gasteiger partial charge in [0.15, 0.2) is 0 Å². The van der Waals surface area contributed by atoms with Gasteiger partial charge in [0.25, 0.3) is 0 Å². The molecule has 3 heteroatoms. The maximum Gasteiger partial charge on any atom is 0.0610 e. The summed E-state index contributed by atoms with van der Waals surface area (Å²) in [5, 5.41) is 9.66. The van der Waals surface area contributed by atoms with Crippen LogP contribution < -0.4 is 9.80 Å². The Morgan fingerprint density at radius 1 is 0.724 bits per heavy atom. The van der Waals surface area contributed by atoms with Crippen molar-refractivity contribution in [2.45, 2.75) is 25.2 Å². The summed E-state index contributed by atoms with van der Waals surface area (Å²) in [7, 11) is 0. The summed E-state index contributed by atoms with van der Waals surface area (Å²) in [5.74, 6) is 0.216. The molecule has 0 amide bonds. The van der Waals surface area contributed by atoms with Crippen LogP contribution in [0.5, 0.6) is 0 Å². The van der Waals surface area contributed by atoms with Crippen LogP contribution in [-0.4, -0.2) is 31.3 Å². The van der Waals surface area contributed by atoms with Crippen molar-refractivity contribution in [2.24, 2.45) is 0 Å². The summed E-state index contributed by atoms with van der Waals surface area (Å²) < 4.78 is 0. The van der Waals surface area contributed by atoms with Gasteiger partial charge in [-0.05, 0) is 60.2 Å². The van der Waals surface area contributed by atoms with Crippen LogP contribution in [0.25, 0.3) is 0 Å². The Bertz CT molecular complexity index is 929. The fraction of sp³-hybridized carbons (Fsp3) is 0.308. The number of β-amino-alcohol motifs (C(OH)–C–C–N with tert-alkyl or cyclic N) is 1. The smallest absolute Gasteiger partial charge is 0.0610 e. The lowest BCUT2D eigenvalue weighted by Crippen LogP contribution is -2.29. The first-order valence-electron chi connectivity index (χ1n) is 10.8. The van der Waals surface area contributed by atoms with Crippen molar-refractivity contribution in [3.8, 4) is 0 Å². The van der Waals surface area contributed by atoms with Gasteiger partial charge in [0, 0.05) is 42.6 Å². The number of hydrogen-bond donors (Lipinski definition) is 1. The van der Waals surface area contributed by atoms with Gasteiger partial charge in [-0.2, -0.15) is 0 Å². The molecule has 3 nitrogen and oxygen atoms in total. The number of piperidine rings is 1. The van der Waals surface area contributed by atoms with Crippen molar-refractivity contribution in [1.82, 2.24) is 0 Å². The van der Waals surface area contributed by atoms with Gasteiger partial charge in [-0.15, -0.1) is 0 Å². The predicted octanol–water partition coefficient (Wildman–Crippen LogP) is 5.30. The lowest BCUT2D eigenvalue weighted by molar-refractivity contribution is 0.305. The van der Waals surface area contributed by atoms with E-state index in [-0.39, 0.29) is 12.5 Å². The minimum Gasteiger partial charge on any atom is -0.395 e. The first-order chi connectivity index (χ1) is 14.4. The lowest BCUT2D eigenvalue weighted by atomic mass is 9.80. The predicted molar refractivity (Wildman–Crippen MR) is 120 cm³/mol. The second-order valence-electron chi connectivity index (χ2n) is 8.07. The molecule has 0 saturated carbocycles. The molecule has 0 aliphatic carbocycles. The van der Waals surface area contributed by atoms with Gasteiger partial charge < -0.3 is 14.9 Å². The Kier molecular flexibility index (Phi) is 4.99. The molecule has 2 aliphatic heterocycles. The van der Waals surface area contributed by atoms with E-state index in [1.165, 1.54) is 66.1 Å². The van der Waals surface area contributed by atoms with Crippen molar-refractivity contribution >= 4 is 17.1 Å². The largest absolute Gasteiger partial charge is 0.395 e. The van der Waals surface area contributed by atoms with E-state index in [9.17, 15) is 5.11 Å². The monoisotopic (exact) mass is 384 g/mol. The van der Waals surface area contributed by atoms with Crippen LogP contribution in [0.3, 0.4) is 0 Å². The van der Waals surface area contributed by atoms with Crippen molar-refractivity contribution < 1.29 is 5.11 Å². The minimum absolute atomic E-state index is 0.137. The van der Waals surface area contributed by atoms with Crippen LogP contribution in [0.2, 0.25) is 0 Å². The molecular formula is C26H28N2O. The van der Waals surface area contributed by atoms with Crippen molar-refractivity contribution in [3.63, 3.8) is 0 Å².